The van der Waals surface area contributed by atoms with E-state index in [1.165, 1.54) is 11.9 Å². The van der Waals surface area contributed by atoms with Gasteiger partial charge in [-0.2, -0.15) is 0 Å². The van der Waals surface area contributed by atoms with E-state index in [9.17, 15) is 24.3 Å². The van der Waals surface area contributed by atoms with Crippen molar-refractivity contribution >= 4 is 23.9 Å². The van der Waals surface area contributed by atoms with E-state index in [1.54, 1.807) is 20.8 Å². The molecule has 3 amide bonds. The van der Waals surface area contributed by atoms with Gasteiger partial charge in [0.2, 0.25) is 11.8 Å². The van der Waals surface area contributed by atoms with Gasteiger partial charge in [-0.25, -0.2) is 9.59 Å². The Labute approximate surface area is 157 Å². The molecular formula is C17H27N3O7. The lowest BCUT2D eigenvalue weighted by atomic mass is 10.1. The molecule has 0 saturated carbocycles. The fraction of sp³-hybridized carbons (Fsp3) is 0.765. The summed E-state index contributed by atoms with van der Waals surface area (Å²) >= 11 is 0. The average Bonchev–Trinajstić information content (AvgIpc) is 2.89. The van der Waals surface area contributed by atoms with Crippen molar-refractivity contribution in [2.45, 2.75) is 63.9 Å². The molecule has 27 heavy (non-hydrogen) atoms. The minimum Gasteiger partial charge on any atom is -0.480 e. The van der Waals surface area contributed by atoms with Crippen molar-refractivity contribution in [1.29, 1.82) is 0 Å². The molecule has 152 valence electrons. The molecule has 2 fully saturated rings. The van der Waals surface area contributed by atoms with Gasteiger partial charge in [-0.3, -0.25) is 9.59 Å². The number of aliphatic carboxylic acids is 1. The number of hydrogen-bond acceptors (Lipinski definition) is 6. The Morgan fingerprint density at radius 1 is 1.30 bits per heavy atom. The van der Waals surface area contributed by atoms with Crippen LogP contribution < -0.4 is 5.32 Å². The zero-order valence-electron chi connectivity index (χ0n) is 16.1. The number of rotatable bonds is 4. The Morgan fingerprint density at radius 2 is 1.96 bits per heavy atom. The van der Waals surface area contributed by atoms with E-state index in [0.717, 1.165) is 4.90 Å². The predicted molar refractivity (Wildman–Crippen MR) is 92.7 cm³/mol. The molecule has 0 bridgehead atoms. The normalized spacial score (nSPS) is 25.4. The summed E-state index contributed by atoms with van der Waals surface area (Å²) in [4.78, 5) is 50.6. The lowest BCUT2D eigenvalue weighted by molar-refractivity contribution is -0.155. The van der Waals surface area contributed by atoms with E-state index in [1.807, 2.05) is 0 Å². The van der Waals surface area contributed by atoms with Crippen LogP contribution in [0.2, 0.25) is 0 Å². The maximum absolute atomic E-state index is 12.7. The minimum atomic E-state index is -1.09. The van der Waals surface area contributed by atoms with Gasteiger partial charge in [0.1, 0.15) is 30.5 Å². The van der Waals surface area contributed by atoms with Crippen LogP contribution in [0.5, 0.6) is 0 Å². The first-order valence-electron chi connectivity index (χ1n) is 8.89. The van der Waals surface area contributed by atoms with Crippen LogP contribution in [-0.2, 0) is 23.9 Å². The number of hydrogen-bond donors (Lipinski definition) is 2. The number of carbonyl (C=O) groups excluding carboxylic acids is 3. The average molecular weight is 385 g/mol. The summed E-state index contributed by atoms with van der Waals surface area (Å²) in [7, 11) is 1.42. The quantitative estimate of drug-likeness (QED) is 0.706. The number of nitrogens with zero attached hydrogens (tertiary/aromatic N) is 2. The van der Waals surface area contributed by atoms with Crippen LogP contribution in [0, 0.1) is 0 Å². The first-order chi connectivity index (χ1) is 12.5. The van der Waals surface area contributed by atoms with Gasteiger partial charge < -0.3 is 29.7 Å². The van der Waals surface area contributed by atoms with Crippen LogP contribution in [0.15, 0.2) is 0 Å². The van der Waals surface area contributed by atoms with Gasteiger partial charge in [-0.15, -0.1) is 0 Å². The van der Waals surface area contributed by atoms with Crippen LogP contribution in [0.4, 0.5) is 4.79 Å². The fourth-order valence-corrected chi connectivity index (χ4v) is 3.10. The second kappa shape index (κ2) is 8.12. The first kappa shape index (κ1) is 20.9. The number of nitrogens with one attached hydrogen (secondary N) is 1. The molecule has 0 aliphatic carbocycles. The maximum atomic E-state index is 12.7. The van der Waals surface area contributed by atoms with Crippen LogP contribution in [0.25, 0.3) is 0 Å². The van der Waals surface area contributed by atoms with Crippen molar-refractivity contribution in [2.75, 3.05) is 20.2 Å². The summed E-state index contributed by atoms with van der Waals surface area (Å²) in [6, 6.07) is -1.85. The second-order valence-electron chi connectivity index (χ2n) is 7.75. The number of carboxylic acid groups (broad SMARTS) is 1. The first-order valence-corrected chi connectivity index (χ1v) is 8.89. The van der Waals surface area contributed by atoms with E-state index in [4.69, 9.17) is 9.47 Å². The molecule has 0 spiro atoms. The standard InChI is InChI=1S/C17H27N3O7/c1-17(2,3)27-16(25)19(4)9-12(21)18-10-7-8-26-13-6-5-11(15(23)24)20(13)14(10)22/h10-11,13H,5-9H2,1-4H3,(H,18,21)(H,23,24). The number of carbonyl (C=O) groups is 4. The maximum Gasteiger partial charge on any atom is 0.410 e. The lowest BCUT2D eigenvalue weighted by Gasteiger charge is -2.28. The van der Waals surface area contributed by atoms with Gasteiger partial charge in [-0.1, -0.05) is 0 Å². The third-order valence-electron chi connectivity index (χ3n) is 4.31. The van der Waals surface area contributed by atoms with E-state index in [0.29, 0.717) is 12.8 Å². The van der Waals surface area contributed by atoms with Crippen molar-refractivity contribution in [1.82, 2.24) is 15.1 Å². The highest BCUT2D eigenvalue weighted by Crippen LogP contribution is 2.28. The number of likely N-dealkylation sites (N-methyl/N-ethyl adjacent to an activating group) is 1. The summed E-state index contributed by atoms with van der Waals surface area (Å²) in [5.74, 6) is -2.10. The topological polar surface area (TPSA) is 125 Å². The van der Waals surface area contributed by atoms with Gasteiger partial charge in [0.25, 0.3) is 0 Å². The number of amides is 3. The molecule has 2 rings (SSSR count). The Bertz CT molecular complexity index is 616. The van der Waals surface area contributed by atoms with E-state index >= 15 is 0 Å². The summed E-state index contributed by atoms with van der Waals surface area (Å²) in [5.41, 5.74) is -0.687. The van der Waals surface area contributed by atoms with Crippen molar-refractivity contribution in [3.05, 3.63) is 0 Å². The minimum absolute atomic E-state index is 0.228. The van der Waals surface area contributed by atoms with Crippen molar-refractivity contribution < 1.29 is 33.8 Å². The molecular weight excluding hydrogens is 358 g/mol. The summed E-state index contributed by atoms with van der Waals surface area (Å²) in [5, 5.41) is 11.9. The zero-order chi connectivity index (χ0) is 20.4. The van der Waals surface area contributed by atoms with E-state index in [-0.39, 0.29) is 19.6 Å². The van der Waals surface area contributed by atoms with Crippen molar-refractivity contribution in [3.8, 4) is 0 Å². The molecule has 3 atom stereocenters. The monoisotopic (exact) mass is 385 g/mol. The second-order valence-corrected chi connectivity index (χ2v) is 7.75. The number of ether oxygens (including phenoxy) is 2. The largest absolute Gasteiger partial charge is 0.480 e. The molecule has 2 heterocycles. The van der Waals surface area contributed by atoms with Gasteiger partial charge in [0.05, 0.1) is 6.61 Å². The van der Waals surface area contributed by atoms with Gasteiger partial charge in [0.15, 0.2) is 0 Å². The Balaban J connectivity index is 1.97. The third kappa shape index (κ3) is 5.31. The predicted octanol–water partition coefficient (Wildman–Crippen LogP) is 0.160. The molecule has 2 aliphatic rings. The highest BCUT2D eigenvalue weighted by molar-refractivity contribution is 5.92. The highest BCUT2D eigenvalue weighted by Gasteiger charge is 2.45. The van der Waals surface area contributed by atoms with Gasteiger partial charge >= 0.3 is 12.1 Å². The highest BCUT2D eigenvalue weighted by atomic mass is 16.6. The van der Waals surface area contributed by atoms with Gasteiger partial charge in [0, 0.05) is 13.5 Å². The van der Waals surface area contributed by atoms with Crippen LogP contribution in [0.3, 0.4) is 0 Å². The summed E-state index contributed by atoms with van der Waals surface area (Å²) in [6.45, 7) is 5.09. The third-order valence-corrected chi connectivity index (χ3v) is 4.31. The number of fused-ring (bicyclic) bond motifs is 1. The molecule has 10 nitrogen and oxygen atoms in total. The Hall–Kier alpha value is -2.36. The SMILES string of the molecule is CN(CC(=O)NC1CCOC2CCC(C(=O)O)N2C1=O)C(=O)OC(C)(C)C. The Morgan fingerprint density at radius 3 is 2.56 bits per heavy atom. The fourth-order valence-electron chi connectivity index (χ4n) is 3.10. The van der Waals surface area contributed by atoms with Gasteiger partial charge in [-0.05, 0) is 33.6 Å². The molecule has 2 aliphatic heterocycles. The zero-order valence-corrected chi connectivity index (χ0v) is 16.1. The number of carboxylic acids is 1. The van der Waals surface area contributed by atoms with Crippen LogP contribution >= 0.6 is 0 Å². The summed E-state index contributed by atoms with van der Waals surface area (Å²) in [6.07, 6.45) is -0.234. The summed E-state index contributed by atoms with van der Waals surface area (Å²) < 4.78 is 10.7. The Kier molecular flexibility index (Phi) is 6.30. The molecule has 2 N–H and O–H groups in total. The molecule has 3 unspecified atom stereocenters. The van der Waals surface area contributed by atoms with Crippen LogP contribution in [0.1, 0.15) is 40.0 Å². The molecule has 2 saturated heterocycles. The van der Waals surface area contributed by atoms with E-state index in [2.05, 4.69) is 5.32 Å². The molecule has 10 heteroatoms. The molecule has 0 aromatic heterocycles. The molecule has 0 aromatic rings. The molecule has 0 aromatic carbocycles. The molecule has 0 radical (unpaired) electrons. The van der Waals surface area contributed by atoms with Crippen molar-refractivity contribution in [2.24, 2.45) is 0 Å². The van der Waals surface area contributed by atoms with E-state index < -0.39 is 47.8 Å². The van der Waals surface area contributed by atoms with Crippen molar-refractivity contribution in [3.63, 3.8) is 0 Å². The smallest absolute Gasteiger partial charge is 0.410 e. The lowest BCUT2D eigenvalue weighted by Crippen LogP contribution is -2.54. The van der Waals surface area contributed by atoms with Crippen LogP contribution in [-0.4, -0.2) is 82.9 Å².